The molecule has 1 aromatic heterocycles. The number of anilines is 2. The van der Waals surface area contributed by atoms with Crippen molar-refractivity contribution in [3.8, 4) is 0 Å². The second-order valence-corrected chi connectivity index (χ2v) is 4.77. The van der Waals surface area contributed by atoms with Gasteiger partial charge in [-0.25, -0.2) is 0 Å². The summed E-state index contributed by atoms with van der Waals surface area (Å²) >= 11 is 0. The summed E-state index contributed by atoms with van der Waals surface area (Å²) in [6.45, 7) is 4.90. The van der Waals surface area contributed by atoms with E-state index in [4.69, 9.17) is 4.42 Å². The Kier molecular flexibility index (Phi) is 3.60. The van der Waals surface area contributed by atoms with Crippen LogP contribution in [0.4, 0.5) is 11.4 Å². The van der Waals surface area contributed by atoms with Crippen LogP contribution < -0.4 is 10.2 Å². The molecule has 0 bridgehead atoms. The van der Waals surface area contributed by atoms with Gasteiger partial charge in [-0.2, -0.15) is 0 Å². The van der Waals surface area contributed by atoms with E-state index in [0.29, 0.717) is 0 Å². The molecule has 0 aliphatic carbocycles. The fraction of sp³-hybridized carbons (Fsp3) is 0.333. The molecule has 0 aliphatic heterocycles. The second-order valence-electron chi connectivity index (χ2n) is 4.77. The average molecular weight is 244 g/mol. The lowest BCUT2D eigenvalue weighted by molar-refractivity contribution is 0.515. The number of aryl methyl sites for hydroxylation is 2. The maximum Gasteiger partial charge on any atom is 0.125 e. The number of benzene rings is 1. The summed E-state index contributed by atoms with van der Waals surface area (Å²) in [7, 11) is 4.10. The predicted octanol–water partition coefficient (Wildman–Crippen LogP) is 3.57. The fourth-order valence-corrected chi connectivity index (χ4v) is 1.89. The molecule has 0 saturated carbocycles. The van der Waals surface area contributed by atoms with E-state index in [1.807, 2.05) is 20.2 Å². The Morgan fingerprint density at radius 3 is 2.44 bits per heavy atom. The van der Waals surface area contributed by atoms with Gasteiger partial charge in [0.1, 0.15) is 5.76 Å². The highest BCUT2D eigenvalue weighted by Crippen LogP contribution is 2.22. The van der Waals surface area contributed by atoms with Crippen LogP contribution in [0.25, 0.3) is 0 Å². The van der Waals surface area contributed by atoms with Crippen LogP contribution in [0.15, 0.2) is 34.9 Å². The molecule has 1 aromatic carbocycles. The van der Waals surface area contributed by atoms with Gasteiger partial charge >= 0.3 is 0 Å². The van der Waals surface area contributed by atoms with Crippen LogP contribution >= 0.6 is 0 Å². The lowest BCUT2D eigenvalue weighted by Crippen LogP contribution is -2.09. The zero-order chi connectivity index (χ0) is 13.1. The molecular formula is C15H20N2O. The highest BCUT2D eigenvalue weighted by Gasteiger charge is 2.04. The van der Waals surface area contributed by atoms with Crippen molar-refractivity contribution in [1.29, 1.82) is 0 Å². The maximum atomic E-state index is 5.42. The molecule has 0 radical (unpaired) electrons. The number of hydrogen-bond acceptors (Lipinski definition) is 3. The molecule has 1 heterocycles. The van der Waals surface area contributed by atoms with Crippen LogP contribution in [0.1, 0.15) is 16.9 Å². The first-order valence-corrected chi connectivity index (χ1v) is 6.13. The SMILES string of the molecule is Cc1cc(N(C)C)ccc1NCc1occc1C. The third-order valence-electron chi connectivity index (χ3n) is 3.13. The summed E-state index contributed by atoms with van der Waals surface area (Å²) < 4.78 is 5.42. The highest BCUT2D eigenvalue weighted by atomic mass is 16.3. The minimum atomic E-state index is 0.723. The molecule has 0 amide bonds. The Morgan fingerprint density at radius 2 is 1.89 bits per heavy atom. The van der Waals surface area contributed by atoms with Gasteiger partial charge in [-0.3, -0.25) is 0 Å². The number of hydrogen-bond donors (Lipinski definition) is 1. The number of nitrogens with one attached hydrogen (secondary N) is 1. The molecule has 1 N–H and O–H groups in total. The molecule has 0 spiro atoms. The van der Waals surface area contributed by atoms with E-state index >= 15 is 0 Å². The Labute approximate surface area is 108 Å². The molecule has 0 atom stereocenters. The number of nitrogens with zero attached hydrogens (tertiary/aromatic N) is 1. The van der Waals surface area contributed by atoms with Crippen LogP contribution in [0, 0.1) is 13.8 Å². The average Bonchev–Trinajstić information content (AvgIpc) is 2.73. The molecule has 2 rings (SSSR count). The van der Waals surface area contributed by atoms with Crippen molar-refractivity contribution < 1.29 is 4.42 Å². The summed E-state index contributed by atoms with van der Waals surface area (Å²) in [4.78, 5) is 2.10. The maximum absolute atomic E-state index is 5.42. The molecule has 18 heavy (non-hydrogen) atoms. The van der Waals surface area contributed by atoms with E-state index in [1.165, 1.54) is 16.8 Å². The molecule has 0 fully saturated rings. The van der Waals surface area contributed by atoms with Gasteiger partial charge in [-0.05, 0) is 49.2 Å². The normalized spacial score (nSPS) is 10.4. The van der Waals surface area contributed by atoms with Gasteiger partial charge in [0, 0.05) is 25.5 Å². The van der Waals surface area contributed by atoms with Gasteiger partial charge in [0.05, 0.1) is 12.8 Å². The predicted molar refractivity (Wildman–Crippen MR) is 76.3 cm³/mol. The van der Waals surface area contributed by atoms with Crippen molar-refractivity contribution in [3.05, 3.63) is 47.4 Å². The van der Waals surface area contributed by atoms with E-state index in [1.54, 1.807) is 6.26 Å². The monoisotopic (exact) mass is 244 g/mol. The van der Waals surface area contributed by atoms with Crippen LogP contribution in [0.2, 0.25) is 0 Å². The molecule has 2 aromatic rings. The summed E-state index contributed by atoms with van der Waals surface area (Å²) in [5, 5.41) is 3.41. The summed E-state index contributed by atoms with van der Waals surface area (Å²) in [5.74, 6) is 0.992. The minimum absolute atomic E-state index is 0.723. The third-order valence-corrected chi connectivity index (χ3v) is 3.13. The van der Waals surface area contributed by atoms with Gasteiger partial charge in [0.15, 0.2) is 0 Å². The van der Waals surface area contributed by atoms with Crippen LogP contribution in [-0.2, 0) is 6.54 Å². The van der Waals surface area contributed by atoms with Crippen molar-refractivity contribution in [3.63, 3.8) is 0 Å². The van der Waals surface area contributed by atoms with Crippen LogP contribution in [0.5, 0.6) is 0 Å². The van der Waals surface area contributed by atoms with Gasteiger partial charge in [0.2, 0.25) is 0 Å². The Hall–Kier alpha value is -1.90. The summed E-state index contributed by atoms with van der Waals surface area (Å²) in [5.41, 5.74) is 4.79. The first-order chi connectivity index (χ1) is 8.58. The van der Waals surface area contributed by atoms with Crippen molar-refractivity contribution in [2.45, 2.75) is 20.4 Å². The van der Waals surface area contributed by atoms with Crippen molar-refractivity contribution in [2.75, 3.05) is 24.3 Å². The topological polar surface area (TPSA) is 28.4 Å². The standard InChI is InChI=1S/C15H20N2O/c1-11-7-8-18-15(11)10-16-14-6-5-13(17(3)4)9-12(14)2/h5-9,16H,10H2,1-4H3. The minimum Gasteiger partial charge on any atom is -0.467 e. The van der Waals surface area contributed by atoms with Gasteiger partial charge in [0.25, 0.3) is 0 Å². The summed E-state index contributed by atoms with van der Waals surface area (Å²) in [6.07, 6.45) is 1.73. The molecule has 3 nitrogen and oxygen atoms in total. The third kappa shape index (κ3) is 2.67. The Bertz CT molecular complexity index is 529. The first kappa shape index (κ1) is 12.6. The van der Waals surface area contributed by atoms with Crippen molar-refractivity contribution >= 4 is 11.4 Å². The van der Waals surface area contributed by atoms with Gasteiger partial charge < -0.3 is 14.6 Å². The molecule has 96 valence electrons. The number of furan rings is 1. The van der Waals surface area contributed by atoms with E-state index in [2.05, 4.69) is 42.3 Å². The number of rotatable bonds is 4. The first-order valence-electron chi connectivity index (χ1n) is 6.13. The van der Waals surface area contributed by atoms with Gasteiger partial charge in [-0.1, -0.05) is 0 Å². The molecule has 3 heteroatoms. The molecule has 0 saturated heterocycles. The smallest absolute Gasteiger partial charge is 0.125 e. The molecular weight excluding hydrogens is 224 g/mol. The van der Waals surface area contributed by atoms with Crippen LogP contribution in [0.3, 0.4) is 0 Å². The fourth-order valence-electron chi connectivity index (χ4n) is 1.89. The zero-order valence-corrected chi connectivity index (χ0v) is 11.4. The Balaban J connectivity index is 2.08. The Morgan fingerprint density at radius 1 is 1.11 bits per heavy atom. The van der Waals surface area contributed by atoms with E-state index in [-0.39, 0.29) is 0 Å². The molecule has 0 aliphatic rings. The van der Waals surface area contributed by atoms with Crippen molar-refractivity contribution in [1.82, 2.24) is 0 Å². The van der Waals surface area contributed by atoms with E-state index in [9.17, 15) is 0 Å². The largest absolute Gasteiger partial charge is 0.467 e. The lowest BCUT2D eigenvalue weighted by Gasteiger charge is -2.15. The highest BCUT2D eigenvalue weighted by molar-refractivity contribution is 5.59. The van der Waals surface area contributed by atoms with Gasteiger partial charge in [-0.15, -0.1) is 0 Å². The van der Waals surface area contributed by atoms with E-state index < -0.39 is 0 Å². The van der Waals surface area contributed by atoms with E-state index in [0.717, 1.165) is 18.0 Å². The quantitative estimate of drug-likeness (QED) is 0.891. The van der Waals surface area contributed by atoms with Crippen molar-refractivity contribution in [2.24, 2.45) is 0 Å². The lowest BCUT2D eigenvalue weighted by atomic mass is 10.1. The van der Waals surface area contributed by atoms with Crippen LogP contribution in [-0.4, -0.2) is 14.1 Å². The molecule has 0 unspecified atom stereocenters. The zero-order valence-electron chi connectivity index (χ0n) is 11.4. The second kappa shape index (κ2) is 5.17. The summed E-state index contributed by atoms with van der Waals surface area (Å²) in [6, 6.07) is 8.39.